The number of rotatable bonds is 4. The third kappa shape index (κ3) is 3.62. The van der Waals surface area contributed by atoms with Gasteiger partial charge in [0.25, 0.3) is 0 Å². The number of benzene rings is 1. The quantitative estimate of drug-likeness (QED) is 0.723. The first kappa shape index (κ1) is 17.3. The van der Waals surface area contributed by atoms with Crippen LogP contribution in [0.3, 0.4) is 0 Å². The number of nitrogens with zero attached hydrogens (tertiary/aromatic N) is 3. The summed E-state index contributed by atoms with van der Waals surface area (Å²) in [6, 6.07) is 5.07. The van der Waals surface area contributed by atoms with E-state index in [1.807, 2.05) is 7.05 Å². The van der Waals surface area contributed by atoms with Gasteiger partial charge in [0.2, 0.25) is 0 Å². The SMILES string of the molecule is Cc1onc(-c2c(Cl)cccc2Cl)c1NC(=O)OCc1cncn1C. The first-order valence-electron chi connectivity index (χ1n) is 7.27. The third-order valence-corrected chi connectivity index (χ3v) is 4.19. The lowest BCUT2D eigenvalue weighted by atomic mass is 10.1. The summed E-state index contributed by atoms with van der Waals surface area (Å²) >= 11 is 12.4. The molecule has 3 rings (SSSR count). The van der Waals surface area contributed by atoms with E-state index >= 15 is 0 Å². The van der Waals surface area contributed by atoms with Crippen LogP contribution >= 0.6 is 23.2 Å². The zero-order valence-corrected chi connectivity index (χ0v) is 14.9. The number of imidazole rings is 1. The summed E-state index contributed by atoms with van der Waals surface area (Å²) in [5, 5.41) is 7.38. The molecule has 1 aromatic carbocycles. The molecule has 0 aliphatic carbocycles. The van der Waals surface area contributed by atoms with Gasteiger partial charge in [0.15, 0.2) is 5.76 Å². The Morgan fingerprint density at radius 3 is 2.72 bits per heavy atom. The fraction of sp³-hybridized carbons (Fsp3) is 0.188. The summed E-state index contributed by atoms with van der Waals surface area (Å²) < 4.78 is 12.1. The van der Waals surface area contributed by atoms with Gasteiger partial charge in [-0.1, -0.05) is 34.4 Å². The first-order valence-corrected chi connectivity index (χ1v) is 8.02. The fourth-order valence-electron chi connectivity index (χ4n) is 2.22. The molecule has 0 atom stereocenters. The minimum Gasteiger partial charge on any atom is -0.443 e. The van der Waals surface area contributed by atoms with Crippen molar-refractivity contribution in [3.8, 4) is 11.3 Å². The molecule has 0 unspecified atom stereocenters. The Morgan fingerprint density at radius 2 is 2.08 bits per heavy atom. The second-order valence-electron chi connectivity index (χ2n) is 5.26. The predicted octanol–water partition coefficient (Wildman–Crippen LogP) is 4.44. The van der Waals surface area contributed by atoms with Crippen molar-refractivity contribution in [3.05, 3.63) is 52.2 Å². The molecule has 3 aromatic rings. The van der Waals surface area contributed by atoms with Crippen LogP contribution in [0.1, 0.15) is 11.5 Å². The maximum atomic E-state index is 12.1. The van der Waals surface area contributed by atoms with Gasteiger partial charge in [-0.05, 0) is 19.1 Å². The number of carbonyl (C=O) groups is 1. The number of ether oxygens (including phenoxy) is 1. The van der Waals surface area contributed by atoms with Crippen molar-refractivity contribution in [2.75, 3.05) is 5.32 Å². The zero-order valence-electron chi connectivity index (χ0n) is 13.4. The van der Waals surface area contributed by atoms with E-state index in [4.69, 9.17) is 32.5 Å². The number of carbonyl (C=O) groups excluding carboxylic acids is 1. The molecule has 2 heterocycles. The van der Waals surface area contributed by atoms with Gasteiger partial charge in [0.1, 0.15) is 18.0 Å². The lowest BCUT2D eigenvalue weighted by Crippen LogP contribution is -2.15. The number of halogens is 2. The molecule has 25 heavy (non-hydrogen) atoms. The number of amides is 1. The van der Waals surface area contributed by atoms with Gasteiger partial charge in [-0.3, -0.25) is 5.32 Å². The van der Waals surface area contributed by atoms with Gasteiger partial charge in [-0.2, -0.15) is 0 Å². The highest BCUT2D eigenvalue weighted by molar-refractivity contribution is 6.39. The van der Waals surface area contributed by atoms with Crippen molar-refractivity contribution >= 4 is 35.0 Å². The monoisotopic (exact) mass is 380 g/mol. The van der Waals surface area contributed by atoms with E-state index in [0.717, 1.165) is 5.69 Å². The lowest BCUT2D eigenvalue weighted by molar-refractivity contribution is 0.152. The summed E-state index contributed by atoms with van der Waals surface area (Å²) in [4.78, 5) is 16.1. The maximum absolute atomic E-state index is 12.1. The molecule has 0 aliphatic heterocycles. The maximum Gasteiger partial charge on any atom is 0.412 e. The molecule has 0 fully saturated rings. The van der Waals surface area contributed by atoms with Gasteiger partial charge < -0.3 is 13.8 Å². The molecule has 1 N–H and O–H groups in total. The van der Waals surface area contributed by atoms with Crippen LogP contribution in [0.25, 0.3) is 11.3 Å². The normalized spacial score (nSPS) is 10.7. The highest BCUT2D eigenvalue weighted by Gasteiger charge is 2.21. The molecule has 0 radical (unpaired) electrons. The van der Waals surface area contributed by atoms with Crippen molar-refractivity contribution in [3.63, 3.8) is 0 Å². The largest absolute Gasteiger partial charge is 0.443 e. The second-order valence-corrected chi connectivity index (χ2v) is 6.07. The standard InChI is InChI=1S/C16H14Cl2N4O3/c1-9-14(20-16(23)24-7-10-6-19-8-22(10)2)15(21-25-9)13-11(17)4-3-5-12(13)18/h3-6,8H,7H2,1-2H3,(H,20,23). The average molecular weight is 381 g/mol. The zero-order chi connectivity index (χ0) is 18.0. The number of aromatic nitrogens is 3. The van der Waals surface area contributed by atoms with Crippen molar-refractivity contribution in [1.82, 2.24) is 14.7 Å². The molecule has 0 saturated carbocycles. The Bertz CT molecular complexity index is 900. The van der Waals surface area contributed by atoms with E-state index in [2.05, 4.69) is 15.5 Å². The first-order chi connectivity index (χ1) is 12.0. The molecule has 0 spiro atoms. The molecule has 0 saturated heterocycles. The highest BCUT2D eigenvalue weighted by atomic mass is 35.5. The van der Waals surface area contributed by atoms with Crippen molar-refractivity contribution in [2.45, 2.75) is 13.5 Å². The molecule has 0 bridgehead atoms. The van der Waals surface area contributed by atoms with E-state index in [9.17, 15) is 4.79 Å². The van der Waals surface area contributed by atoms with Gasteiger partial charge in [-0.25, -0.2) is 9.78 Å². The van der Waals surface area contributed by atoms with Crippen LogP contribution in [0.5, 0.6) is 0 Å². The van der Waals surface area contributed by atoms with Gasteiger partial charge in [0, 0.05) is 12.6 Å². The summed E-state index contributed by atoms with van der Waals surface area (Å²) in [7, 11) is 1.81. The number of hydrogen-bond donors (Lipinski definition) is 1. The third-order valence-electron chi connectivity index (χ3n) is 3.56. The van der Waals surface area contributed by atoms with Crippen molar-refractivity contribution < 1.29 is 14.1 Å². The topological polar surface area (TPSA) is 82.2 Å². The molecule has 2 aromatic heterocycles. The molecular formula is C16H14Cl2N4O3. The Kier molecular flexibility index (Phi) is 4.96. The number of aryl methyl sites for hydroxylation is 2. The minimum absolute atomic E-state index is 0.0782. The average Bonchev–Trinajstić information content (AvgIpc) is 3.13. The smallest absolute Gasteiger partial charge is 0.412 e. The van der Waals surface area contributed by atoms with Crippen LogP contribution < -0.4 is 5.32 Å². The van der Waals surface area contributed by atoms with Gasteiger partial charge in [0.05, 0.1) is 28.3 Å². The summed E-state index contributed by atoms with van der Waals surface area (Å²) in [5.74, 6) is 0.406. The van der Waals surface area contributed by atoms with Crippen molar-refractivity contribution in [1.29, 1.82) is 0 Å². The van der Waals surface area contributed by atoms with E-state index in [1.165, 1.54) is 0 Å². The van der Waals surface area contributed by atoms with Crippen molar-refractivity contribution in [2.24, 2.45) is 7.05 Å². The summed E-state index contributed by atoms with van der Waals surface area (Å²) in [6.45, 7) is 1.74. The van der Waals surface area contributed by atoms with Crippen LogP contribution in [-0.2, 0) is 18.4 Å². The molecule has 1 amide bonds. The Labute approximate surface area is 153 Å². The predicted molar refractivity (Wildman–Crippen MR) is 93.7 cm³/mol. The summed E-state index contributed by atoms with van der Waals surface area (Å²) in [6.07, 6.45) is 2.59. The minimum atomic E-state index is -0.656. The van der Waals surface area contributed by atoms with Crippen LogP contribution in [0.4, 0.5) is 10.5 Å². The molecule has 7 nitrogen and oxygen atoms in total. The van der Waals surface area contributed by atoms with E-state index in [1.54, 1.807) is 42.2 Å². The Hall–Kier alpha value is -2.51. The molecule has 130 valence electrons. The molecule has 0 aliphatic rings. The molecular weight excluding hydrogens is 367 g/mol. The number of hydrogen-bond acceptors (Lipinski definition) is 5. The second kappa shape index (κ2) is 7.16. The van der Waals surface area contributed by atoms with E-state index < -0.39 is 6.09 Å². The summed E-state index contributed by atoms with van der Waals surface area (Å²) in [5.41, 5.74) is 1.92. The van der Waals surface area contributed by atoms with E-state index in [0.29, 0.717) is 32.8 Å². The number of anilines is 1. The van der Waals surface area contributed by atoms with Crippen LogP contribution in [0, 0.1) is 6.92 Å². The van der Waals surface area contributed by atoms with Crippen LogP contribution in [0.15, 0.2) is 35.2 Å². The fourth-order valence-corrected chi connectivity index (χ4v) is 2.79. The Balaban J connectivity index is 1.80. The van der Waals surface area contributed by atoms with Gasteiger partial charge in [-0.15, -0.1) is 0 Å². The van der Waals surface area contributed by atoms with Crippen LogP contribution in [0.2, 0.25) is 10.0 Å². The van der Waals surface area contributed by atoms with Crippen LogP contribution in [-0.4, -0.2) is 20.8 Å². The van der Waals surface area contributed by atoms with Gasteiger partial charge >= 0.3 is 6.09 Å². The lowest BCUT2D eigenvalue weighted by Gasteiger charge is -2.09. The number of nitrogens with one attached hydrogen (secondary N) is 1. The Morgan fingerprint density at radius 1 is 1.36 bits per heavy atom. The highest BCUT2D eigenvalue weighted by Crippen LogP contribution is 2.39. The van der Waals surface area contributed by atoms with E-state index in [-0.39, 0.29) is 6.61 Å². The molecule has 9 heteroatoms.